The Balaban J connectivity index is 1.68. The van der Waals surface area contributed by atoms with Crippen molar-refractivity contribution in [1.82, 2.24) is 5.32 Å². The van der Waals surface area contributed by atoms with Crippen LogP contribution in [0.5, 0.6) is 0 Å². The molecule has 0 saturated carbocycles. The van der Waals surface area contributed by atoms with Gasteiger partial charge in [0.25, 0.3) is 0 Å². The molecule has 2 aromatic rings. The molecule has 41 heavy (non-hydrogen) atoms. The molecule has 0 saturated heterocycles. The molecule has 2 N–H and O–H groups in total. The van der Waals surface area contributed by atoms with E-state index in [4.69, 9.17) is 24.1 Å². The maximum Gasteiger partial charge on any atom is 0.406 e. The minimum absolute atomic E-state index is 0.0222. The zero-order chi connectivity index (χ0) is 29.5. The number of carbonyl (C=O) groups is 3. The number of amides is 1. The van der Waals surface area contributed by atoms with Gasteiger partial charge in [-0.15, -0.1) is 0 Å². The maximum atomic E-state index is 13.0. The minimum atomic E-state index is -0.538. The van der Waals surface area contributed by atoms with Crippen molar-refractivity contribution >= 4 is 17.7 Å². The molecule has 0 aromatic heterocycles. The third kappa shape index (κ3) is 9.74. The van der Waals surface area contributed by atoms with Gasteiger partial charge in [-0.05, 0) is 66.5 Å². The van der Waals surface area contributed by atoms with Crippen LogP contribution in [-0.2, 0) is 18.9 Å². The molecule has 0 aliphatic heterocycles. The molecular formula is C32H43NO8. The van der Waals surface area contributed by atoms with Gasteiger partial charge in [0.2, 0.25) is 0 Å². The van der Waals surface area contributed by atoms with Crippen LogP contribution in [0.1, 0.15) is 82.7 Å². The van der Waals surface area contributed by atoms with Crippen molar-refractivity contribution in [2.75, 3.05) is 60.4 Å². The molecule has 9 heteroatoms. The number of alkyl carbamates (subject to hydrolysis) is 1. The molecule has 1 atom stereocenters. The van der Waals surface area contributed by atoms with Gasteiger partial charge in [-0.25, -0.2) is 4.79 Å². The standard InChI is InChI=1S/C32H43NO8/c1-33-32(37)41-22-29-27-20-23(30(35)8-5-17-39-16-4-3-14-34)10-12-25(27)26-13-11-24(21-28(26)29)31(36)9-6-18-40-19-7-15-38-2/h10-13,20-21,29,34H,3-9,14-19,22H2,1-2H3,(H,33,37). The number of aliphatic hydroxyl groups is 1. The van der Waals surface area contributed by atoms with E-state index in [0.717, 1.165) is 35.1 Å². The normalized spacial score (nSPS) is 13.5. The summed E-state index contributed by atoms with van der Waals surface area (Å²) in [4.78, 5) is 37.9. The van der Waals surface area contributed by atoms with Crippen molar-refractivity contribution in [3.8, 4) is 11.1 Å². The monoisotopic (exact) mass is 569 g/mol. The Morgan fingerprint density at radius 1 is 0.756 bits per heavy atom. The number of fused-ring (bicyclic) bond motifs is 3. The van der Waals surface area contributed by atoms with Gasteiger partial charge in [0.05, 0.1) is 0 Å². The third-order valence-corrected chi connectivity index (χ3v) is 7.09. The molecule has 1 amide bonds. The fourth-order valence-electron chi connectivity index (χ4n) is 4.90. The number of ether oxygens (including phenoxy) is 4. The quantitative estimate of drug-likeness (QED) is 0.170. The van der Waals surface area contributed by atoms with Crippen molar-refractivity contribution in [3.05, 3.63) is 58.7 Å². The Kier molecular flexibility index (Phi) is 13.9. The van der Waals surface area contributed by atoms with Crippen LogP contribution in [0.4, 0.5) is 4.79 Å². The first kappa shape index (κ1) is 32.4. The number of methoxy groups -OCH3 is 1. The van der Waals surface area contributed by atoms with Gasteiger partial charge in [0.15, 0.2) is 11.6 Å². The molecule has 0 fully saturated rings. The van der Waals surface area contributed by atoms with Crippen molar-refractivity contribution in [1.29, 1.82) is 0 Å². The topological polar surface area (TPSA) is 120 Å². The summed E-state index contributed by atoms with van der Waals surface area (Å²) in [6.07, 6.45) is 3.77. The second kappa shape index (κ2) is 17.6. The first-order valence-electron chi connectivity index (χ1n) is 14.4. The number of hydrogen-bond acceptors (Lipinski definition) is 8. The summed E-state index contributed by atoms with van der Waals surface area (Å²) >= 11 is 0. The molecule has 1 unspecified atom stereocenters. The van der Waals surface area contributed by atoms with Crippen molar-refractivity contribution in [3.63, 3.8) is 0 Å². The highest BCUT2D eigenvalue weighted by Gasteiger charge is 2.31. The predicted octanol–water partition coefficient (Wildman–Crippen LogP) is 4.92. The summed E-state index contributed by atoms with van der Waals surface area (Å²) < 4.78 is 21.6. The molecule has 0 spiro atoms. The Bertz CT molecular complexity index is 1070. The zero-order valence-corrected chi connectivity index (χ0v) is 24.2. The van der Waals surface area contributed by atoms with Gasteiger partial charge in [-0.1, -0.05) is 24.3 Å². The Morgan fingerprint density at radius 3 is 1.80 bits per heavy atom. The van der Waals surface area contributed by atoms with Crippen LogP contribution >= 0.6 is 0 Å². The molecule has 1 aliphatic rings. The fourth-order valence-corrected chi connectivity index (χ4v) is 4.90. The summed E-state index contributed by atoms with van der Waals surface area (Å²) in [7, 11) is 3.16. The lowest BCUT2D eigenvalue weighted by molar-refractivity contribution is 0.0886. The second-order valence-electron chi connectivity index (χ2n) is 10.1. The number of unbranched alkanes of at least 4 members (excludes halogenated alkanes) is 1. The van der Waals surface area contributed by atoms with E-state index >= 15 is 0 Å². The minimum Gasteiger partial charge on any atom is -0.449 e. The van der Waals surface area contributed by atoms with E-state index in [1.807, 2.05) is 36.4 Å². The lowest BCUT2D eigenvalue weighted by Crippen LogP contribution is -2.22. The number of carbonyl (C=O) groups excluding carboxylic acids is 3. The second-order valence-corrected chi connectivity index (χ2v) is 10.1. The molecule has 2 aromatic carbocycles. The Morgan fingerprint density at radius 2 is 1.29 bits per heavy atom. The van der Waals surface area contributed by atoms with E-state index in [2.05, 4.69) is 5.32 Å². The van der Waals surface area contributed by atoms with E-state index in [1.165, 1.54) is 7.05 Å². The van der Waals surface area contributed by atoms with Crippen LogP contribution in [0.15, 0.2) is 36.4 Å². The van der Waals surface area contributed by atoms with Crippen molar-refractivity contribution in [2.24, 2.45) is 0 Å². The highest BCUT2D eigenvalue weighted by molar-refractivity contribution is 5.99. The molecular weight excluding hydrogens is 526 g/mol. The van der Waals surface area contributed by atoms with Crippen LogP contribution in [-0.4, -0.2) is 83.2 Å². The number of benzene rings is 2. The Hall–Kier alpha value is -3.11. The number of ketones is 2. The molecule has 0 radical (unpaired) electrons. The van der Waals surface area contributed by atoms with Crippen LogP contribution < -0.4 is 5.32 Å². The lowest BCUT2D eigenvalue weighted by atomic mass is 9.93. The van der Waals surface area contributed by atoms with Gasteiger partial charge in [0, 0.05) is 83.7 Å². The predicted molar refractivity (Wildman–Crippen MR) is 156 cm³/mol. The largest absolute Gasteiger partial charge is 0.449 e. The highest BCUT2D eigenvalue weighted by atomic mass is 16.5. The van der Waals surface area contributed by atoms with E-state index in [1.54, 1.807) is 7.11 Å². The number of Topliss-reactive ketones (excluding diaryl/α,β-unsaturated/α-hetero) is 2. The zero-order valence-electron chi connectivity index (χ0n) is 24.2. The average molecular weight is 570 g/mol. The molecule has 0 heterocycles. The molecule has 9 nitrogen and oxygen atoms in total. The van der Waals surface area contributed by atoms with E-state index in [0.29, 0.717) is 76.3 Å². The van der Waals surface area contributed by atoms with Crippen molar-refractivity contribution < 1.29 is 38.4 Å². The van der Waals surface area contributed by atoms with E-state index < -0.39 is 6.09 Å². The van der Waals surface area contributed by atoms with Crippen LogP contribution in [0.3, 0.4) is 0 Å². The van der Waals surface area contributed by atoms with Crippen LogP contribution in [0.25, 0.3) is 11.1 Å². The van der Waals surface area contributed by atoms with Crippen LogP contribution in [0.2, 0.25) is 0 Å². The summed E-state index contributed by atoms with van der Waals surface area (Å²) in [5.74, 6) is -0.240. The van der Waals surface area contributed by atoms with Gasteiger partial charge in [0.1, 0.15) is 6.61 Å². The SMILES string of the molecule is CNC(=O)OCC1c2cc(C(=O)CCCOCCCCO)ccc2-c2ccc(C(=O)CCCOCCCOC)cc21. The molecule has 1 aliphatic carbocycles. The fraction of sp³-hybridized carbons (Fsp3) is 0.531. The van der Waals surface area contributed by atoms with Gasteiger partial charge >= 0.3 is 6.09 Å². The summed E-state index contributed by atoms with van der Waals surface area (Å²) in [6, 6.07) is 11.3. The van der Waals surface area contributed by atoms with Gasteiger partial charge < -0.3 is 29.4 Å². The average Bonchev–Trinajstić information content (AvgIpc) is 3.30. The summed E-state index contributed by atoms with van der Waals surface area (Å²) in [6.45, 7) is 3.09. The van der Waals surface area contributed by atoms with E-state index in [9.17, 15) is 14.4 Å². The third-order valence-electron chi connectivity index (χ3n) is 7.09. The summed E-state index contributed by atoms with van der Waals surface area (Å²) in [5.41, 5.74) is 4.96. The number of rotatable bonds is 20. The maximum absolute atomic E-state index is 13.0. The number of hydrogen-bond donors (Lipinski definition) is 2. The molecule has 3 rings (SSSR count). The number of nitrogens with one attached hydrogen (secondary N) is 1. The first-order valence-corrected chi connectivity index (χ1v) is 14.4. The van der Waals surface area contributed by atoms with Gasteiger partial charge in [-0.2, -0.15) is 0 Å². The van der Waals surface area contributed by atoms with Crippen LogP contribution in [0, 0.1) is 0 Å². The van der Waals surface area contributed by atoms with Crippen molar-refractivity contribution in [2.45, 2.75) is 50.9 Å². The number of aliphatic hydroxyl groups excluding tert-OH is 1. The highest BCUT2D eigenvalue weighted by Crippen LogP contribution is 2.46. The molecule has 224 valence electrons. The Labute approximate surface area is 242 Å². The van der Waals surface area contributed by atoms with Gasteiger partial charge in [-0.3, -0.25) is 9.59 Å². The van der Waals surface area contributed by atoms with E-state index in [-0.39, 0.29) is 30.7 Å². The lowest BCUT2D eigenvalue weighted by Gasteiger charge is -2.15. The smallest absolute Gasteiger partial charge is 0.406 e. The summed E-state index contributed by atoms with van der Waals surface area (Å²) in [5, 5.41) is 11.3. The molecule has 0 bridgehead atoms. The first-order chi connectivity index (χ1) is 20.0.